The number of benzene rings is 1. The van der Waals surface area contributed by atoms with Crippen LogP contribution in [-0.4, -0.2) is 10.8 Å². The van der Waals surface area contributed by atoms with E-state index in [4.69, 9.17) is 11.6 Å². The van der Waals surface area contributed by atoms with Crippen molar-refractivity contribution in [2.24, 2.45) is 0 Å². The average Bonchev–Trinajstić information content (AvgIpc) is 2.93. The number of fused-ring (bicyclic) bond motifs is 1. The summed E-state index contributed by atoms with van der Waals surface area (Å²) in [5.74, 6) is 0.0507. The highest BCUT2D eigenvalue weighted by atomic mass is 35.5. The second kappa shape index (κ2) is 4.51. The van der Waals surface area contributed by atoms with Crippen molar-refractivity contribution in [3.8, 4) is 0 Å². The van der Waals surface area contributed by atoms with Crippen LogP contribution in [0.2, 0.25) is 5.02 Å². The topological polar surface area (TPSA) is 32.9 Å². The quantitative estimate of drug-likeness (QED) is 0.680. The zero-order chi connectivity index (χ0) is 13.6. The number of carbonyl (C=O) groups excluding carboxylic acids is 1. The van der Waals surface area contributed by atoms with Crippen LogP contribution in [0.15, 0.2) is 30.5 Å². The van der Waals surface area contributed by atoms with Crippen molar-refractivity contribution < 1.29 is 4.79 Å². The van der Waals surface area contributed by atoms with Crippen LogP contribution in [0, 0.1) is 13.8 Å². The fourth-order valence-corrected chi connectivity index (χ4v) is 3.26. The van der Waals surface area contributed by atoms with Crippen LogP contribution in [0.25, 0.3) is 10.9 Å². The lowest BCUT2D eigenvalue weighted by Gasteiger charge is -1.97. The van der Waals surface area contributed by atoms with Gasteiger partial charge in [-0.1, -0.05) is 11.6 Å². The van der Waals surface area contributed by atoms with Gasteiger partial charge in [-0.15, -0.1) is 11.3 Å². The third-order valence-electron chi connectivity index (χ3n) is 3.28. The number of H-pyrrole nitrogens is 1. The van der Waals surface area contributed by atoms with E-state index in [-0.39, 0.29) is 5.78 Å². The predicted molar refractivity (Wildman–Crippen MR) is 80.5 cm³/mol. The van der Waals surface area contributed by atoms with E-state index < -0.39 is 0 Å². The zero-order valence-electron chi connectivity index (χ0n) is 10.6. The fraction of sp³-hybridized carbons (Fsp3) is 0.133. The molecule has 2 aromatic heterocycles. The van der Waals surface area contributed by atoms with E-state index in [1.54, 1.807) is 6.20 Å². The second-order valence-corrected chi connectivity index (χ2v) is 6.26. The molecule has 0 aliphatic rings. The molecule has 0 bridgehead atoms. The minimum Gasteiger partial charge on any atom is -0.360 e. The third kappa shape index (κ3) is 2.09. The fourth-order valence-electron chi connectivity index (χ4n) is 2.10. The molecule has 96 valence electrons. The molecule has 4 heteroatoms. The molecule has 0 radical (unpaired) electrons. The standard InChI is InChI=1S/C15H12ClNOS/c1-8-5-14(19-9(8)2)15(18)12-7-17-13-4-3-10(16)6-11(12)13/h3-7,17H,1-2H3. The molecule has 0 spiro atoms. The molecule has 0 aliphatic carbocycles. The molecule has 0 saturated heterocycles. The maximum Gasteiger partial charge on any atom is 0.205 e. The number of ketones is 1. The number of nitrogens with one attached hydrogen (secondary N) is 1. The lowest BCUT2D eigenvalue weighted by molar-refractivity contribution is 0.104. The second-order valence-electron chi connectivity index (χ2n) is 4.57. The highest BCUT2D eigenvalue weighted by Crippen LogP contribution is 2.28. The van der Waals surface area contributed by atoms with Gasteiger partial charge in [0.1, 0.15) is 0 Å². The van der Waals surface area contributed by atoms with Crippen molar-refractivity contribution in [1.82, 2.24) is 4.98 Å². The molecule has 0 saturated carbocycles. The first-order valence-corrected chi connectivity index (χ1v) is 7.14. The van der Waals surface area contributed by atoms with Crippen molar-refractivity contribution in [3.63, 3.8) is 0 Å². The first kappa shape index (κ1) is 12.5. The van der Waals surface area contributed by atoms with Crippen molar-refractivity contribution in [3.05, 3.63) is 56.4 Å². The summed E-state index contributed by atoms with van der Waals surface area (Å²) in [4.78, 5) is 17.6. The number of aromatic nitrogens is 1. The van der Waals surface area contributed by atoms with E-state index in [9.17, 15) is 4.79 Å². The number of rotatable bonds is 2. The Morgan fingerprint density at radius 3 is 2.74 bits per heavy atom. The molecule has 19 heavy (non-hydrogen) atoms. The Kier molecular flexibility index (Phi) is 2.96. The van der Waals surface area contributed by atoms with Crippen LogP contribution >= 0.6 is 22.9 Å². The molecule has 0 fully saturated rings. The number of thiophene rings is 1. The largest absolute Gasteiger partial charge is 0.360 e. The number of hydrogen-bond donors (Lipinski definition) is 1. The van der Waals surface area contributed by atoms with Crippen molar-refractivity contribution in [2.45, 2.75) is 13.8 Å². The predicted octanol–water partition coefficient (Wildman–Crippen LogP) is 4.73. The molecule has 0 unspecified atom stereocenters. The minimum atomic E-state index is 0.0507. The van der Waals surface area contributed by atoms with Crippen LogP contribution < -0.4 is 0 Å². The monoisotopic (exact) mass is 289 g/mol. The van der Waals surface area contributed by atoms with Crippen molar-refractivity contribution >= 4 is 39.6 Å². The van der Waals surface area contributed by atoms with Gasteiger partial charge in [-0.3, -0.25) is 4.79 Å². The summed E-state index contributed by atoms with van der Waals surface area (Å²) < 4.78 is 0. The molecule has 0 atom stereocenters. The summed E-state index contributed by atoms with van der Waals surface area (Å²) in [5, 5.41) is 1.51. The third-order valence-corrected chi connectivity index (χ3v) is 4.66. The first-order valence-electron chi connectivity index (χ1n) is 5.94. The number of aromatic amines is 1. The molecule has 1 aromatic carbocycles. The summed E-state index contributed by atoms with van der Waals surface area (Å²) in [6, 6.07) is 7.48. The molecule has 0 aliphatic heterocycles. The van der Waals surface area contributed by atoms with Gasteiger partial charge < -0.3 is 4.98 Å². The lowest BCUT2D eigenvalue weighted by Crippen LogP contribution is -1.96. The van der Waals surface area contributed by atoms with Crippen LogP contribution in [0.4, 0.5) is 0 Å². The van der Waals surface area contributed by atoms with Gasteiger partial charge in [0.25, 0.3) is 0 Å². The molecule has 2 heterocycles. The zero-order valence-corrected chi connectivity index (χ0v) is 12.2. The van der Waals surface area contributed by atoms with Gasteiger partial charge >= 0.3 is 0 Å². The number of halogens is 1. The summed E-state index contributed by atoms with van der Waals surface area (Å²) in [6.45, 7) is 4.05. The highest BCUT2D eigenvalue weighted by Gasteiger charge is 2.17. The molecule has 1 N–H and O–H groups in total. The van der Waals surface area contributed by atoms with E-state index in [0.29, 0.717) is 10.6 Å². The Labute approximate surface area is 120 Å². The van der Waals surface area contributed by atoms with Crippen LogP contribution in [-0.2, 0) is 0 Å². The van der Waals surface area contributed by atoms with Gasteiger partial charge in [-0.25, -0.2) is 0 Å². The Balaban J connectivity index is 2.13. The maximum absolute atomic E-state index is 12.5. The van der Waals surface area contributed by atoms with Gasteiger partial charge in [0.2, 0.25) is 5.78 Å². The summed E-state index contributed by atoms with van der Waals surface area (Å²) in [5.41, 5.74) is 2.77. The van der Waals surface area contributed by atoms with E-state index in [1.165, 1.54) is 16.2 Å². The number of aryl methyl sites for hydroxylation is 2. The summed E-state index contributed by atoms with van der Waals surface area (Å²) in [7, 11) is 0. The van der Waals surface area contributed by atoms with E-state index in [2.05, 4.69) is 4.98 Å². The number of carbonyl (C=O) groups is 1. The van der Waals surface area contributed by atoms with Gasteiger partial charge in [0.15, 0.2) is 0 Å². The summed E-state index contributed by atoms with van der Waals surface area (Å²) >= 11 is 7.54. The number of hydrogen-bond acceptors (Lipinski definition) is 2. The molecule has 2 nitrogen and oxygen atoms in total. The molecule has 0 amide bonds. The first-order chi connectivity index (χ1) is 9.06. The SMILES string of the molecule is Cc1cc(C(=O)c2c[nH]c3ccc(Cl)cc23)sc1C. The van der Waals surface area contributed by atoms with Crippen molar-refractivity contribution in [2.75, 3.05) is 0 Å². The lowest BCUT2D eigenvalue weighted by atomic mass is 10.1. The molecule has 3 rings (SSSR count). The average molecular weight is 290 g/mol. The van der Waals surface area contributed by atoms with Gasteiger partial charge in [0.05, 0.1) is 4.88 Å². The smallest absolute Gasteiger partial charge is 0.205 e. The molecule has 3 aromatic rings. The summed E-state index contributed by atoms with van der Waals surface area (Å²) in [6.07, 6.45) is 1.76. The van der Waals surface area contributed by atoms with E-state index in [0.717, 1.165) is 21.3 Å². The maximum atomic E-state index is 12.5. The van der Waals surface area contributed by atoms with Gasteiger partial charge in [-0.05, 0) is 43.7 Å². The van der Waals surface area contributed by atoms with Gasteiger partial charge in [0, 0.05) is 32.6 Å². The van der Waals surface area contributed by atoms with Crippen LogP contribution in [0.1, 0.15) is 25.7 Å². The van der Waals surface area contributed by atoms with Crippen LogP contribution in [0.5, 0.6) is 0 Å². The minimum absolute atomic E-state index is 0.0507. The van der Waals surface area contributed by atoms with E-state index >= 15 is 0 Å². The Bertz CT molecular complexity index is 765. The van der Waals surface area contributed by atoms with Crippen LogP contribution in [0.3, 0.4) is 0 Å². The van der Waals surface area contributed by atoms with E-state index in [1.807, 2.05) is 38.1 Å². The Morgan fingerprint density at radius 1 is 1.26 bits per heavy atom. The normalized spacial score (nSPS) is 11.1. The highest BCUT2D eigenvalue weighted by molar-refractivity contribution is 7.14. The van der Waals surface area contributed by atoms with Gasteiger partial charge in [-0.2, -0.15) is 0 Å². The Hall–Kier alpha value is -1.58. The Morgan fingerprint density at radius 2 is 2.05 bits per heavy atom. The molecular formula is C15H12ClNOS. The molecular weight excluding hydrogens is 278 g/mol. The van der Waals surface area contributed by atoms with Crippen molar-refractivity contribution in [1.29, 1.82) is 0 Å².